The van der Waals surface area contributed by atoms with Crippen LogP contribution in [-0.4, -0.2) is 27.2 Å². The van der Waals surface area contributed by atoms with Crippen molar-refractivity contribution in [2.24, 2.45) is 0 Å². The fourth-order valence-corrected chi connectivity index (χ4v) is 3.92. The Morgan fingerprint density at radius 1 is 1.19 bits per heavy atom. The van der Waals surface area contributed by atoms with Gasteiger partial charge in [-0.2, -0.15) is 0 Å². The van der Waals surface area contributed by atoms with E-state index in [1.54, 1.807) is 19.1 Å². The molecule has 31 heavy (non-hydrogen) atoms. The zero-order valence-electron chi connectivity index (χ0n) is 18.3. The van der Waals surface area contributed by atoms with Crippen LogP contribution in [0.5, 0.6) is 5.75 Å². The highest BCUT2D eigenvalue weighted by atomic mass is 32.2. The van der Waals surface area contributed by atoms with Crippen LogP contribution in [0.4, 0.5) is 10.1 Å². The SMILES string of the molecule is Cc1cc(CNC(=O)C2=Cc3ccc(C(C)(C)C)cc3OC2)cc(F)c1NS(C)(=O)=O. The molecule has 3 rings (SSSR count). The third kappa shape index (κ3) is 5.64. The van der Waals surface area contributed by atoms with E-state index in [1.165, 1.54) is 6.07 Å². The van der Waals surface area contributed by atoms with Crippen molar-refractivity contribution in [1.29, 1.82) is 0 Å². The summed E-state index contributed by atoms with van der Waals surface area (Å²) in [7, 11) is -3.59. The summed E-state index contributed by atoms with van der Waals surface area (Å²) in [6, 6.07) is 8.80. The molecule has 2 aromatic rings. The van der Waals surface area contributed by atoms with E-state index in [2.05, 4.69) is 30.8 Å². The Hall–Kier alpha value is -2.87. The predicted molar refractivity (Wildman–Crippen MR) is 120 cm³/mol. The lowest BCUT2D eigenvalue weighted by molar-refractivity contribution is -0.117. The molecule has 0 spiro atoms. The number of halogens is 1. The fourth-order valence-electron chi connectivity index (χ4n) is 3.29. The number of anilines is 1. The molecule has 0 atom stereocenters. The number of hydrogen-bond donors (Lipinski definition) is 2. The number of ether oxygens (including phenoxy) is 1. The van der Waals surface area contributed by atoms with Gasteiger partial charge in [-0.05, 0) is 47.2 Å². The van der Waals surface area contributed by atoms with Crippen molar-refractivity contribution in [3.8, 4) is 5.75 Å². The third-order valence-corrected chi connectivity index (χ3v) is 5.55. The van der Waals surface area contributed by atoms with Gasteiger partial charge in [-0.1, -0.05) is 39.0 Å². The Morgan fingerprint density at radius 3 is 2.52 bits per heavy atom. The summed E-state index contributed by atoms with van der Waals surface area (Å²) in [5.41, 5.74) is 3.32. The smallest absolute Gasteiger partial charge is 0.250 e. The Bertz CT molecular complexity index is 1140. The average Bonchev–Trinajstić information content (AvgIpc) is 2.66. The average molecular weight is 447 g/mol. The van der Waals surface area contributed by atoms with Gasteiger partial charge in [0.1, 0.15) is 18.2 Å². The van der Waals surface area contributed by atoms with Crippen LogP contribution >= 0.6 is 0 Å². The van der Waals surface area contributed by atoms with E-state index < -0.39 is 15.8 Å². The number of rotatable bonds is 5. The Balaban J connectivity index is 1.71. The summed E-state index contributed by atoms with van der Waals surface area (Å²) in [5.74, 6) is -0.254. The van der Waals surface area contributed by atoms with Crippen molar-refractivity contribution in [2.75, 3.05) is 17.6 Å². The normalized spacial score (nSPS) is 13.7. The molecule has 6 nitrogen and oxygen atoms in total. The second-order valence-electron chi connectivity index (χ2n) is 8.79. The second kappa shape index (κ2) is 8.34. The minimum Gasteiger partial charge on any atom is -0.488 e. The summed E-state index contributed by atoms with van der Waals surface area (Å²) >= 11 is 0. The molecular weight excluding hydrogens is 419 g/mol. The maximum absolute atomic E-state index is 14.3. The highest BCUT2D eigenvalue weighted by molar-refractivity contribution is 7.92. The molecule has 8 heteroatoms. The molecule has 0 fully saturated rings. The fraction of sp³-hybridized carbons (Fsp3) is 0.348. The van der Waals surface area contributed by atoms with Crippen LogP contribution in [0, 0.1) is 12.7 Å². The van der Waals surface area contributed by atoms with Gasteiger partial charge >= 0.3 is 0 Å². The number of sulfonamides is 1. The Morgan fingerprint density at radius 2 is 1.90 bits per heavy atom. The van der Waals surface area contributed by atoms with Gasteiger partial charge < -0.3 is 10.1 Å². The highest BCUT2D eigenvalue weighted by Gasteiger charge is 2.21. The summed E-state index contributed by atoms with van der Waals surface area (Å²) < 4.78 is 45.1. The maximum atomic E-state index is 14.3. The lowest BCUT2D eigenvalue weighted by atomic mass is 9.86. The summed E-state index contributed by atoms with van der Waals surface area (Å²) in [6.07, 6.45) is 2.76. The van der Waals surface area contributed by atoms with E-state index >= 15 is 0 Å². The minimum atomic E-state index is -3.59. The third-order valence-electron chi connectivity index (χ3n) is 4.97. The van der Waals surface area contributed by atoms with Crippen molar-refractivity contribution in [3.63, 3.8) is 0 Å². The lowest BCUT2D eigenvalue weighted by Crippen LogP contribution is -2.28. The topological polar surface area (TPSA) is 84.5 Å². The predicted octanol–water partition coefficient (Wildman–Crippen LogP) is 3.90. The monoisotopic (exact) mass is 446 g/mol. The molecule has 1 aliphatic heterocycles. The first-order valence-electron chi connectivity index (χ1n) is 9.86. The molecule has 0 saturated carbocycles. The van der Waals surface area contributed by atoms with Gasteiger partial charge in [-0.25, -0.2) is 12.8 Å². The first-order valence-corrected chi connectivity index (χ1v) is 11.8. The Labute approximate surface area is 182 Å². The molecule has 1 heterocycles. The van der Waals surface area contributed by atoms with Gasteiger partial charge in [-0.3, -0.25) is 9.52 Å². The molecule has 0 unspecified atom stereocenters. The molecule has 0 aromatic heterocycles. The number of nitrogens with one attached hydrogen (secondary N) is 2. The summed E-state index contributed by atoms with van der Waals surface area (Å²) in [5, 5.41) is 2.76. The van der Waals surface area contributed by atoms with E-state index in [0.717, 1.165) is 23.1 Å². The zero-order valence-corrected chi connectivity index (χ0v) is 19.1. The van der Waals surface area contributed by atoms with Crippen LogP contribution in [0.25, 0.3) is 6.08 Å². The van der Waals surface area contributed by atoms with E-state index in [4.69, 9.17) is 4.74 Å². The van der Waals surface area contributed by atoms with Crippen LogP contribution in [0.3, 0.4) is 0 Å². The van der Waals surface area contributed by atoms with Crippen LogP contribution in [0.2, 0.25) is 0 Å². The first kappa shape index (κ1) is 22.8. The molecule has 1 aliphatic rings. The van der Waals surface area contributed by atoms with Gasteiger partial charge in [0.15, 0.2) is 0 Å². The molecule has 1 amide bonds. The van der Waals surface area contributed by atoms with Crippen molar-refractivity contribution >= 4 is 27.7 Å². The van der Waals surface area contributed by atoms with E-state index in [9.17, 15) is 17.6 Å². The first-order chi connectivity index (χ1) is 14.3. The molecule has 166 valence electrons. The van der Waals surface area contributed by atoms with Crippen molar-refractivity contribution < 1.29 is 22.3 Å². The molecule has 0 bridgehead atoms. The van der Waals surface area contributed by atoms with Crippen LogP contribution < -0.4 is 14.8 Å². The van der Waals surface area contributed by atoms with Crippen molar-refractivity contribution in [2.45, 2.75) is 39.7 Å². The Kier molecular flexibility index (Phi) is 6.14. The van der Waals surface area contributed by atoms with E-state index in [-0.39, 0.29) is 30.2 Å². The second-order valence-corrected chi connectivity index (χ2v) is 10.5. The molecule has 0 saturated heterocycles. The number of carbonyl (C=O) groups excluding carboxylic acids is 1. The summed E-state index contributed by atoms with van der Waals surface area (Å²) in [6.45, 7) is 8.23. The van der Waals surface area contributed by atoms with E-state index in [1.807, 2.05) is 18.2 Å². The largest absolute Gasteiger partial charge is 0.488 e. The minimum absolute atomic E-state index is 0.000451. The molecule has 0 radical (unpaired) electrons. The lowest BCUT2D eigenvalue weighted by Gasteiger charge is -2.23. The number of benzene rings is 2. The highest BCUT2D eigenvalue weighted by Crippen LogP contribution is 2.32. The number of amides is 1. The molecule has 2 N–H and O–H groups in total. The molecule has 0 aliphatic carbocycles. The van der Waals surface area contributed by atoms with Crippen LogP contribution in [-0.2, 0) is 26.8 Å². The van der Waals surface area contributed by atoms with Gasteiger partial charge in [0, 0.05) is 12.1 Å². The zero-order chi connectivity index (χ0) is 23.0. The van der Waals surface area contributed by atoms with Gasteiger partial charge in [0.25, 0.3) is 5.91 Å². The van der Waals surface area contributed by atoms with Crippen LogP contribution in [0.1, 0.15) is 43.0 Å². The standard InChI is InChI=1S/C23H27FN2O4S/c1-14-8-15(9-19(24)21(14)26-31(5,28)29)12-25-22(27)17-10-16-6-7-18(23(2,3)4)11-20(16)30-13-17/h6-11,26H,12-13H2,1-5H3,(H,25,27). The van der Waals surface area contributed by atoms with E-state index in [0.29, 0.717) is 16.7 Å². The van der Waals surface area contributed by atoms with Crippen LogP contribution in [0.15, 0.2) is 35.9 Å². The number of aryl methyl sites for hydroxylation is 1. The maximum Gasteiger partial charge on any atom is 0.250 e. The van der Waals surface area contributed by atoms with Crippen molar-refractivity contribution in [1.82, 2.24) is 5.32 Å². The van der Waals surface area contributed by atoms with Gasteiger partial charge in [-0.15, -0.1) is 0 Å². The van der Waals surface area contributed by atoms with Gasteiger partial charge in [0.05, 0.1) is 17.5 Å². The van der Waals surface area contributed by atoms with Crippen molar-refractivity contribution in [3.05, 3.63) is 64.0 Å². The molecular formula is C23H27FN2O4S. The summed E-state index contributed by atoms with van der Waals surface area (Å²) in [4.78, 5) is 12.6. The van der Waals surface area contributed by atoms with Gasteiger partial charge in [0.2, 0.25) is 10.0 Å². The number of carbonyl (C=O) groups is 1. The number of fused-ring (bicyclic) bond motifs is 1. The quantitative estimate of drug-likeness (QED) is 0.730. The number of hydrogen-bond acceptors (Lipinski definition) is 4. The molecule has 2 aromatic carbocycles.